The average molecular weight is 323 g/mol. The Balaban J connectivity index is 2.04. The fourth-order valence-electron chi connectivity index (χ4n) is 2.93. The van der Waals surface area contributed by atoms with Gasteiger partial charge in [-0.3, -0.25) is 0 Å². The van der Waals surface area contributed by atoms with Crippen LogP contribution in [0.4, 0.5) is 26.3 Å². The summed E-state index contributed by atoms with van der Waals surface area (Å²) >= 11 is 0. The summed E-state index contributed by atoms with van der Waals surface area (Å²) in [5.74, 6) is -0.232. The van der Waals surface area contributed by atoms with E-state index in [1.165, 1.54) is 0 Å². The van der Waals surface area contributed by atoms with Gasteiger partial charge in [0.1, 0.15) is 0 Å². The first kappa shape index (κ1) is 15.2. The lowest BCUT2D eigenvalue weighted by Gasteiger charge is -2.19. The van der Waals surface area contributed by atoms with Crippen molar-refractivity contribution in [2.24, 2.45) is 11.1 Å². The quantitative estimate of drug-likeness (QED) is 0.670. The predicted molar refractivity (Wildman–Crippen MR) is 65.0 cm³/mol. The van der Waals surface area contributed by atoms with Crippen molar-refractivity contribution in [3.05, 3.63) is 34.9 Å². The van der Waals surface area contributed by atoms with Crippen molar-refractivity contribution in [1.29, 1.82) is 0 Å². The first-order valence-electron chi connectivity index (χ1n) is 6.68. The van der Waals surface area contributed by atoms with Crippen LogP contribution in [0.3, 0.4) is 0 Å². The van der Waals surface area contributed by atoms with E-state index in [0.29, 0.717) is 12.8 Å². The molecule has 1 unspecified atom stereocenters. The minimum absolute atomic E-state index is 0.120. The molecule has 0 aromatic heterocycles. The number of benzene rings is 1. The monoisotopic (exact) mass is 323 g/mol. The van der Waals surface area contributed by atoms with E-state index in [0.717, 1.165) is 24.3 Å². The third-order valence-electron chi connectivity index (χ3n) is 3.96. The third-order valence-corrected chi connectivity index (χ3v) is 3.96. The van der Waals surface area contributed by atoms with E-state index < -0.39 is 29.6 Å². The van der Waals surface area contributed by atoms with Crippen LogP contribution in [0.25, 0.3) is 0 Å². The Bertz CT molecular complexity index is 586. The zero-order chi connectivity index (χ0) is 16.1. The highest BCUT2D eigenvalue weighted by molar-refractivity contribution is 5.89. The lowest BCUT2D eigenvalue weighted by atomic mass is 9.91. The summed E-state index contributed by atoms with van der Waals surface area (Å²) in [4.78, 5) is 5.09. The van der Waals surface area contributed by atoms with Gasteiger partial charge in [-0.05, 0) is 43.0 Å². The largest absolute Gasteiger partial charge is 0.416 e. The van der Waals surface area contributed by atoms with Gasteiger partial charge in [0, 0.05) is 5.92 Å². The van der Waals surface area contributed by atoms with Crippen LogP contribution in [0, 0.1) is 5.92 Å². The molecule has 8 heteroatoms. The lowest BCUT2D eigenvalue weighted by Crippen LogP contribution is -2.16. The Morgan fingerprint density at radius 1 is 0.955 bits per heavy atom. The molecule has 120 valence electrons. The molecule has 0 radical (unpaired) electrons. The Morgan fingerprint density at radius 2 is 1.55 bits per heavy atom. The number of hydrogen-bond acceptors (Lipinski definition) is 2. The first-order chi connectivity index (χ1) is 10.2. The molecular weight excluding hydrogens is 312 g/mol. The standard InChI is InChI=1S/C14H11F6NO/c15-13(16,17)8-4-7(5-9(6-8)14(18,19)20)12-10-2-1-3-11(10)21-22-12/h4-6,10,12H,1-3H2/t10?,12-/m1/s1. The van der Waals surface area contributed by atoms with Gasteiger partial charge in [-0.1, -0.05) is 5.16 Å². The topological polar surface area (TPSA) is 21.6 Å². The highest BCUT2D eigenvalue weighted by atomic mass is 19.4. The molecule has 3 rings (SSSR count). The summed E-state index contributed by atoms with van der Waals surface area (Å²) in [6.07, 6.45) is -8.44. The van der Waals surface area contributed by atoms with Crippen molar-refractivity contribution < 1.29 is 31.2 Å². The van der Waals surface area contributed by atoms with Crippen molar-refractivity contribution >= 4 is 5.71 Å². The van der Waals surface area contributed by atoms with Gasteiger partial charge in [-0.15, -0.1) is 0 Å². The van der Waals surface area contributed by atoms with Crippen molar-refractivity contribution in [1.82, 2.24) is 0 Å². The van der Waals surface area contributed by atoms with Gasteiger partial charge in [0.05, 0.1) is 16.8 Å². The second-order valence-electron chi connectivity index (χ2n) is 5.45. The van der Waals surface area contributed by atoms with Crippen LogP contribution in [0.1, 0.15) is 42.1 Å². The van der Waals surface area contributed by atoms with Crippen LogP contribution < -0.4 is 0 Å². The average Bonchev–Trinajstić information content (AvgIpc) is 2.98. The molecule has 0 amide bonds. The summed E-state index contributed by atoms with van der Waals surface area (Å²) in [5.41, 5.74) is -2.07. The molecule has 1 saturated carbocycles. The van der Waals surface area contributed by atoms with Gasteiger partial charge in [0.25, 0.3) is 0 Å². The highest BCUT2D eigenvalue weighted by Crippen LogP contribution is 2.44. The minimum Gasteiger partial charge on any atom is -0.387 e. The van der Waals surface area contributed by atoms with Gasteiger partial charge >= 0.3 is 12.4 Å². The molecule has 0 bridgehead atoms. The number of oxime groups is 1. The summed E-state index contributed by atoms with van der Waals surface area (Å²) < 4.78 is 77.1. The molecule has 1 aromatic rings. The van der Waals surface area contributed by atoms with E-state index in [2.05, 4.69) is 5.16 Å². The zero-order valence-corrected chi connectivity index (χ0v) is 11.1. The molecule has 1 heterocycles. The number of nitrogens with zero attached hydrogens (tertiary/aromatic N) is 1. The molecule has 22 heavy (non-hydrogen) atoms. The molecule has 2 aliphatic rings. The van der Waals surface area contributed by atoms with Crippen molar-refractivity contribution in [2.45, 2.75) is 37.7 Å². The summed E-state index contributed by atoms with van der Waals surface area (Å²) in [7, 11) is 0. The normalized spacial score (nSPS) is 24.9. The lowest BCUT2D eigenvalue weighted by molar-refractivity contribution is -0.143. The number of rotatable bonds is 1. The number of halogens is 6. The second-order valence-corrected chi connectivity index (χ2v) is 5.45. The molecule has 1 aliphatic heterocycles. The minimum atomic E-state index is -4.85. The fourth-order valence-corrected chi connectivity index (χ4v) is 2.93. The van der Waals surface area contributed by atoms with E-state index in [4.69, 9.17) is 4.84 Å². The Hall–Kier alpha value is -1.73. The number of hydrogen-bond donors (Lipinski definition) is 0. The third kappa shape index (κ3) is 2.66. The van der Waals surface area contributed by atoms with E-state index in [9.17, 15) is 26.3 Å². The predicted octanol–water partition coefficient (Wildman–Crippen LogP) is 4.95. The van der Waals surface area contributed by atoms with Crippen molar-refractivity contribution in [3.63, 3.8) is 0 Å². The van der Waals surface area contributed by atoms with Gasteiger partial charge < -0.3 is 4.84 Å². The first-order valence-corrected chi connectivity index (χ1v) is 6.68. The van der Waals surface area contributed by atoms with Crippen LogP contribution in [0.5, 0.6) is 0 Å². The highest BCUT2D eigenvalue weighted by Gasteiger charge is 2.42. The van der Waals surface area contributed by atoms with E-state index in [1.54, 1.807) is 0 Å². The van der Waals surface area contributed by atoms with Crippen LogP contribution in [0.15, 0.2) is 23.4 Å². The molecule has 1 aliphatic carbocycles. The van der Waals surface area contributed by atoms with E-state index in [-0.39, 0.29) is 17.5 Å². The Kier molecular flexibility index (Phi) is 3.37. The maximum absolute atomic E-state index is 12.9. The molecule has 2 nitrogen and oxygen atoms in total. The summed E-state index contributed by atoms with van der Waals surface area (Å²) in [5, 5.41) is 3.79. The molecule has 0 N–H and O–H groups in total. The van der Waals surface area contributed by atoms with Crippen LogP contribution >= 0.6 is 0 Å². The maximum Gasteiger partial charge on any atom is 0.416 e. The van der Waals surface area contributed by atoms with Gasteiger partial charge in [-0.2, -0.15) is 26.3 Å². The second kappa shape index (κ2) is 4.89. The van der Waals surface area contributed by atoms with Crippen LogP contribution in [-0.2, 0) is 17.2 Å². The smallest absolute Gasteiger partial charge is 0.387 e. The fraction of sp³-hybridized carbons (Fsp3) is 0.500. The molecule has 1 fully saturated rings. The zero-order valence-electron chi connectivity index (χ0n) is 11.1. The van der Waals surface area contributed by atoms with Gasteiger partial charge in [0.15, 0.2) is 6.10 Å². The maximum atomic E-state index is 12.9. The van der Waals surface area contributed by atoms with E-state index >= 15 is 0 Å². The SMILES string of the molecule is FC(F)(F)c1cc([C@H]2ON=C3CCCC32)cc(C(F)(F)F)c1. The van der Waals surface area contributed by atoms with Gasteiger partial charge in [-0.25, -0.2) is 0 Å². The van der Waals surface area contributed by atoms with Gasteiger partial charge in [0.2, 0.25) is 0 Å². The summed E-state index contributed by atoms with van der Waals surface area (Å²) in [6, 6.07) is 1.56. The molecule has 0 saturated heterocycles. The van der Waals surface area contributed by atoms with Crippen LogP contribution in [0.2, 0.25) is 0 Å². The van der Waals surface area contributed by atoms with Crippen molar-refractivity contribution in [3.8, 4) is 0 Å². The van der Waals surface area contributed by atoms with Crippen molar-refractivity contribution in [2.75, 3.05) is 0 Å². The number of alkyl halides is 6. The Morgan fingerprint density at radius 3 is 2.09 bits per heavy atom. The number of fused-ring (bicyclic) bond motifs is 1. The van der Waals surface area contributed by atoms with E-state index in [1.807, 2.05) is 0 Å². The van der Waals surface area contributed by atoms with Crippen LogP contribution in [-0.4, -0.2) is 5.71 Å². The molecule has 0 spiro atoms. The summed E-state index contributed by atoms with van der Waals surface area (Å²) in [6.45, 7) is 0. The Labute approximate surface area is 121 Å². The molecule has 2 atom stereocenters. The molecular formula is C14H11F6NO. The molecule has 1 aromatic carbocycles.